The van der Waals surface area contributed by atoms with Gasteiger partial charge in [-0.15, -0.1) is 0 Å². The van der Waals surface area contributed by atoms with E-state index in [1.54, 1.807) is 0 Å². The van der Waals surface area contributed by atoms with E-state index in [9.17, 15) is 4.79 Å². The molecule has 0 radical (unpaired) electrons. The third kappa shape index (κ3) is 8.59. The van der Waals surface area contributed by atoms with Crippen molar-refractivity contribution in [3.05, 3.63) is 29.8 Å². The van der Waals surface area contributed by atoms with E-state index in [1.165, 1.54) is 5.56 Å². The predicted molar refractivity (Wildman–Crippen MR) is 118 cm³/mol. The standard InChI is InChI=1S/C22H35N5O3/c1-2-23-22(25-11-12-27-13-15-29-16-14-27)24-10-9-18-3-7-20(8-4-18)30-17-21(28)26-19-5-6-19/h3-4,7-8,19H,2,5-6,9-17H2,1H3,(H,26,28)(H2,23,24,25). The first-order valence-corrected chi connectivity index (χ1v) is 11.1. The Kier molecular flexibility index (Phi) is 9.24. The van der Waals surface area contributed by atoms with Crippen LogP contribution in [0.1, 0.15) is 25.3 Å². The summed E-state index contributed by atoms with van der Waals surface area (Å²) in [4.78, 5) is 18.7. The lowest BCUT2D eigenvalue weighted by molar-refractivity contribution is -0.123. The number of hydrogen-bond donors (Lipinski definition) is 3. The fraction of sp³-hybridized carbons (Fsp3) is 0.636. The summed E-state index contributed by atoms with van der Waals surface area (Å²) in [6.07, 6.45) is 3.06. The molecule has 1 aliphatic carbocycles. The molecule has 0 bridgehead atoms. The number of aliphatic imine (C=N–C) groups is 1. The molecule has 1 saturated heterocycles. The highest BCUT2D eigenvalue weighted by Gasteiger charge is 2.23. The summed E-state index contributed by atoms with van der Waals surface area (Å²) >= 11 is 0. The summed E-state index contributed by atoms with van der Waals surface area (Å²) < 4.78 is 10.9. The average Bonchev–Trinajstić information content (AvgIpc) is 3.58. The Morgan fingerprint density at radius 2 is 1.97 bits per heavy atom. The number of morpholine rings is 1. The third-order valence-corrected chi connectivity index (χ3v) is 5.08. The quantitative estimate of drug-likeness (QED) is 0.364. The average molecular weight is 418 g/mol. The highest BCUT2D eigenvalue weighted by molar-refractivity contribution is 5.79. The van der Waals surface area contributed by atoms with E-state index in [-0.39, 0.29) is 12.5 Å². The molecule has 166 valence electrons. The minimum Gasteiger partial charge on any atom is -0.484 e. The summed E-state index contributed by atoms with van der Waals surface area (Å²) in [5, 5.41) is 9.62. The van der Waals surface area contributed by atoms with Gasteiger partial charge in [0.25, 0.3) is 5.91 Å². The maximum Gasteiger partial charge on any atom is 0.258 e. The van der Waals surface area contributed by atoms with Crippen molar-refractivity contribution in [2.24, 2.45) is 4.99 Å². The molecule has 30 heavy (non-hydrogen) atoms. The number of rotatable bonds is 11. The van der Waals surface area contributed by atoms with Crippen LogP contribution in [-0.2, 0) is 16.0 Å². The summed E-state index contributed by atoms with van der Waals surface area (Å²) in [5.41, 5.74) is 1.21. The van der Waals surface area contributed by atoms with Gasteiger partial charge in [-0.25, -0.2) is 0 Å². The summed E-state index contributed by atoms with van der Waals surface area (Å²) in [6, 6.07) is 8.28. The van der Waals surface area contributed by atoms with Crippen molar-refractivity contribution in [3.63, 3.8) is 0 Å². The zero-order valence-electron chi connectivity index (χ0n) is 18.0. The number of guanidine groups is 1. The molecule has 1 aromatic rings. The molecule has 0 atom stereocenters. The van der Waals surface area contributed by atoms with E-state index in [0.29, 0.717) is 6.04 Å². The first-order chi connectivity index (χ1) is 14.7. The minimum atomic E-state index is -0.0466. The van der Waals surface area contributed by atoms with Crippen LogP contribution in [0.3, 0.4) is 0 Å². The number of amides is 1. The summed E-state index contributed by atoms with van der Waals surface area (Å²) in [7, 11) is 0. The number of ether oxygens (including phenoxy) is 2. The van der Waals surface area contributed by atoms with Gasteiger partial charge < -0.3 is 25.4 Å². The maximum absolute atomic E-state index is 11.7. The van der Waals surface area contributed by atoms with Gasteiger partial charge in [-0.1, -0.05) is 12.1 Å². The Morgan fingerprint density at radius 3 is 2.67 bits per heavy atom. The van der Waals surface area contributed by atoms with Gasteiger partial charge in [-0.3, -0.25) is 14.7 Å². The van der Waals surface area contributed by atoms with Crippen molar-refractivity contribution in [3.8, 4) is 5.75 Å². The first kappa shape index (κ1) is 22.4. The van der Waals surface area contributed by atoms with Crippen molar-refractivity contribution in [1.82, 2.24) is 20.9 Å². The Balaban J connectivity index is 1.34. The zero-order chi connectivity index (χ0) is 21.0. The monoisotopic (exact) mass is 417 g/mol. The maximum atomic E-state index is 11.7. The Morgan fingerprint density at radius 1 is 1.20 bits per heavy atom. The molecule has 0 spiro atoms. The van der Waals surface area contributed by atoms with Crippen molar-refractivity contribution in [2.75, 3.05) is 59.1 Å². The van der Waals surface area contributed by atoms with Crippen LogP contribution in [0.15, 0.2) is 29.3 Å². The molecular weight excluding hydrogens is 382 g/mol. The fourth-order valence-electron chi connectivity index (χ4n) is 3.19. The van der Waals surface area contributed by atoms with Crippen LogP contribution in [0.4, 0.5) is 0 Å². The normalized spacial score (nSPS) is 17.4. The van der Waals surface area contributed by atoms with E-state index in [2.05, 4.69) is 32.8 Å². The van der Waals surface area contributed by atoms with Gasteiger partial charge in [-0.05, 0) is 43.9 Å². The van der Waals surface area contributed by atoms with Crippen LogP contribution < -0.4 is 20.7 Å². The van der Waals surface area contributed by atoms with E-state index in [0.717, 1.165) is 83.5 Å². The number of nitrogens with one attached hydrogen (secondary N) is 3. The molecule has 1 heterocycles. The van der Waals surface area contributed by atoms with Gasteiger partial charge in [0.15, 0.2) is 12.6 Å². The lowest BCUT2D eigenvalue weighted by Crippen LogP contribution is -2.40. The highest BCUT2D eigenvalue weighted by Crippen LogP contribution is 2.18. The third-order valence-electron chi connectivity index (χ3n) is 5.08. The molecule has 8 nitrogen and oxygen atoms in total. The van der Waals surface area contributed by atoms with Crippen molar-refractivity contribution in [2.45, 2.75) is 32.2 Å². The lowest BCUT2D eigenvalue weighted by atomic mass is 10.1. The molecule has 1 amide bonds. The van der Waals surface area contributed by atoms with Gasteiger partial charge in [0.1, 0.15) is 5.75 Å². The second-order valence-electron chi connectivity index (χ2n) is 7.67. The lowest BCUT2D eigenvalue weighted by Gasteiger charge is -2.25. The summed E-state index contributed by atoms with van der Waals surface area (Å²) in [6.45, 7) is 9.13. The molecule has 1 aliphatic heterocycles. The zero-order valence-corrected chi connectivity index (χ0v) is 18.0. The van der Waals surface area contributed by atoms with Crippen molar-refractivity contribution < 1.29 is 14.3 Å². The largest absolute Gasteiger partial charge is 0.484 e. The Hall–Kier alpha value is -2.32. The molecule has 0 aromatic heterocycles. The molecule has 2 fully saturated rings. The van der Waals surface area contributed by atoms with E-state index >= 15 is 0 Å². The number of nitrogens with zero attached hydrogens (tertiary/aromatic N) is 2. The Bertz CT molecular complexity index is 670. The summed E-state index contributed by atoms with van der Waals surface area (Å²) in [5.74, 6) is 1.53. The molecule has 8 heteroatoms. The van der Waals surface area contributed by atoms with Crippen LogP contribution in [0.25, 0.3) is 0 Å². The van der Waals surface area contributed by atoms with Crippen LogP contribution in [0, 0.1) is 0 Å². The number of hydrogen-bond acceptors (Lipinski definition) is 5. The van der Waals surface area contributed by atoms with Gasteiger partial charge in [0.2, 0.25) is 0 Å². The molecule has 3 rings (SSSR count). The Labute approximate surface area is 179 Å². The van der Waals surface area contributed by atoms with E-state index < -0.39 is 0 Å². The molecule has 2 aliphatic rings. The number of benzene rings is 1. The topological polar surface area (TPSA) is 87.2 Å². The highest BCUT2D eigenvalue weighted by atomic mass is 16.5. The molecule has 3 N–H and O–H groups in total. The van der Waals surface area contributed by atoms with E-state index in [1.807, 2.05) is 24.3 Å². The molecule has 1 saturated carbocycles. The molecular formula is C22H35N5O3. The molecule has 0 unspecified atom stereocenters. The van der Waals surface area contributed by atoms with Crippen molar-refractivity contribution in [1.29, 1.82) is 0 Å². The van der Waals surface area contributed by atoms with Gasteiger partial charge in [0, 0.05) is 38.8 Å². The second-order valence-corrected chi connectivity index (χ2v) is 7.67. The first-order valence-electron chi connectivity index (χ1n) is 11.1. The van der Waals surface area contributed by atoms with Crippen LogP contribution >= 0.6 is 0 Å². The number of carbonyl (C=O) groups excluding carboxylic acids is 1. The van der Waals surface area contributed by atoms with Crippen LogP contribution in [-0.4, -0.2) is 81.9 Å². The van der Waals surface area contributed by atoms with Crippen molar-refractivity contribution >= 4 is 11.9 Å². The fourth-order valence-corrected chi connectivity index (χ4v) is 3.19. The van der Waals surface area contributed by atoms with Crippen LogP contribution in [0.5, 0.6) is 5.75 Å². The van der Waals surface area contributed by atoms with Crippen LogP contribution in [0.2, 0.25) is 0 Å². The minimum absolute atomic E-state index is 0.0466. The predicted octanol–water partition coefficient (Wildman–Crippen LogP) is 0.774. The van der Waals surface area contributed by atoms with E-state index in [4.69, 9.17) is 9.47 Å². The smallest absolute Gasteiger partial charge is 0.258 e. The van der Waals surface area contributed by atoms with Gasteiger partial charge >= 0.3 is 0 Å². The molecule has 1 aromatic carbocycles. The van der Waals surface area contributed by atoms with Gasteiger partial charge in [0.05, 0.1) is 19.8 Å². The van der Waals surface area contributed by atoms with Gasteiger partial charge in [-0.2, -0.15) is 0 Å². The second kappa shape index (κ2) is 12.4. The SMILES string of the molecule is CCNC(=NCCN1CCOCC1)NCCc1ccc(OCC(=O)NC2CC2)cc1. The number of carbonyl (C=O) groups is 1.